The number of benzene rings is 1. The van der Waals surface area contributed by atoms with Crippen LogP contribution in [0.3, 0.4) is 0 Å². The second-order valence-electron chi connectivity index (χ2n) is 1.08. The molecule has 1 heteroatoms. The van der Waals surface area contributed by atoms with Crippen molar-refractivity contribution in [3.8, 4) is 0 Å². The van der Waals surface area contributed by atoms with Crippen molar-refractivity contribution in [2.24, 2.45) is 0 Å². The molecule has 37 valence electrons. The van der Waals surface area contributed by atoms with E-state index < -0.39 is 0 Å². The van der Waals surface area contributed by atoms with E-state index in [-0.39, 0.29) is 26.6 Å². The Morgan fingerprint density at radius 1 is 0.857 bits per heavy atom. The fraction of sp³-hybridized carbons (Fsp3) is 0. The minimum Gasteiger partial charge on any atom is -0.0622 e. The van der Waals surface area contributed by atoms with Crippen molar-refractivity contribution in [1.29, 1.82) is 0 Å². The molecule has 0 spiro atoms. The third-order valence-electron chi connectivity index (χ3n) is 0.607. The van der Waals surface area contributed by atoms with Crippen LogP contribution >= 0.6 is 0 Å². The Kier molecular flexibility index (Phi) is 4.35. The van der Waals surface area contributed by atoms with E-state index in [1.165, 1.54) is 0 Å². The molecule has 0 heterocycles. The molecule has 0 aliphatic carbocycles. The van der Waals surface area contributed by atoms with E-state index in [1.807, 2.05) is 30.3 Å². The molecule has 1 rings (SSSR count). The van der Waals surface area contributed by atoms with Gasteiger partial charge in [-0.1, -0.05) is 30.3 Å². The molecular formula is C6H7Po. The molecule has 1 aromatic carbocycles. The van der Waals surface area contributed by atoms with Gasteiger partial charge in [-0.25, -0.2) is 0 Å². The first-order chi connectivity index (χ1) is 3.00. The Hall–Kier alpha value is 0.116. The van der Waals surface area contributed by atoms with Crippen LogP contribution in [0, 0.1) is 6.07 Å². The van der Waals surface area contributed by atoms with Crippen molar-refractivity contribution in [3.63, 3.8) is 0 Å². The first-order valence-corrected chi connectivity index (χ1v) is 1.91. The molecule has 0 amide bonds. The van der Waals surface area contributed by atoms with Crippen LogP contribution in [-0.4, -0.2) is 26.6 Å². The van der Waals surface area contributed by atoms with Gasteiger partial charge in [-0.05, 0) is 6.07 Å². The summed E-state index contributed by atoms with van der Waals surface area (Å²) in [6.07, 6.45) is 0. The Bertz CT molecular complexity index is 76.1. The maximum Gasteiger partial charge on any atom is -0.0184 e. The average Bonchev–Trinajstić information content (AvgIpc) is 1.72. The van der Waals surface area contributed by atoms with Gasteiger partial charge in [-0.2, -0.15) is 0 Å². The van der Waals surface area contributed by atoms with Crippen molar-refractivity contribution in [3.05, 3.63) is 36.4 Å². The number of hydrogen-bond donors (Lipinski definition) is 0. The van der Waals surface area contributed by atoms with Crippen LogP contribution in [0.15, 0.2) is 30.3 Å². The number of rotatable bonds is 0. The normalized spacial score (nSPS) is 6.86. The van der Waals surface area contributed by atoms with Crippen molar-refractivity contribution < 1.29 is 0 Å². The zero-order valence-electron chi connectivity index (χ0n) is 3.89. The van der Waals surface area contributed by atoms with E-state index >= 15 is 0 Å². The van der Waals surface area contributed by atoms with Crippen molar-refractivity contribution >= 4 is 26.6 Å². The van der Waals surface area contributed by atoms with Crippen LogP contribution in [0.4, 0.5) is 0 Å². The van der Waals surface area contributed by atoms with Crippen LogP contribution < -0.4 is 0 Å². The zero-order chi connectivity index (χ0) is 4.24. The van der Waals surface area contributed by atoms with E-state index in [4.69, 9.17) is 0 Å². The molecule has 0 unspecified atom stereocenters. The Morgan fingerprint density at radius 2 is 1.43 bits per heavy atom. The quantitative estimate of drug-likeness (QED) is 0.655. The van der Waals surface area contributed by atoms with Crippen molar-refractivity contribution in [1.82, 2.24) is 0 Å². The Balaban J connectivity index is 0.000000360. The minimum absolute atomic E-state index is 0. The SMILES string of the molecule is [PoH2].[c]1ccccc1. The molecule has 1 radical (unpaired) electrons. The topological polar surface area (TPSA) is 0 Å². The monoisotopic (exact) mass is 288 g/mol. The summed E-state index contributed by atoms with van der Waals surface area (Å²) in [5, 5.41) is 0. The van der Waals surface area contributed by atoms with Crippen LogP contribution in [0.5, 0.6) is 0 Å². The predicted molar refractivity (Wildman–Crippen MR) is 33.8 cm³/mol. The first-order valence-electron chi connectivity index (χ1n) is 1.91. The minimum atomic E-state index is 0. The van der Waals surface area contributed by atoms with Gasteiger partial charge in [0.1, 0.15) is 0 Å². The van der Waals surface area contributed by atoms with Gasteiger partial charge in [0.25, 0.3) is 0 Å². The molecule has 0 nitrogen and oxygen atoms in total. The summed E-state index contributed by atoms with van der Waals surface area (Å²) in [5.41, 5.74) is 0. The maximum absolute atomic E-state index is 2.89. The molecule has 0 aliphatic heterocycles. The van der Waals surface area contributed by atoms with E-state index in [0.29, 0.717) is 0 Å². The molecule has 7 heavy (non-hydrogen) atoms. The molecule has 0 atom stereocenters. The predicted octanol–water partition coefficient (Wildman–Crippen LogP) is 0.571. The van der Waals surface area contributed by atoms with Gasteiger partial charge in [-0.15, -0.1) is 0 Å². The van der Waals surface area contributed by atoms with Gasteiger partial charge in [0.2, 0.25) is 0 Å². The summed E-state index contributed by atoms with van der Waals surface area (Å²) < 4.78 is 0. The molecule has 0 fully saturated rings. The maximum atomic E-state index is 2.89. The van der Waals surface area contributed by atoms with Gasteiger partial charge in [0.05, 0.1) is 0 Å². The van der Waals surface area contributed by atoms with Crippen LogP contribution in [0.2, 0.25) is 0 Å². The summed E-state index contributed by atoms with van der Waals surface area (Å²) >= 11 is 0. The fourth-order valence-electron chi connectivity index (χ4n) is 0.342. The van der Waals surface area contributed by atoms with Crippen LogP contribution in [0.1, 0.15) is 0 Å². The first kappa shape index (κ1) is 7.12. The molecule has 0 bridgehead atoms. The summed E-state index contributed by atoms with van der Waals surface area (Å²) in [6, 6.07) is 12.5. The second kappa shape index (κ2) is 4.28. The Morgan fingerprint density at radius 3 is 1.57 bits per heavy atom. The summed E-state index contributed by atoms with van der Waals surface area (Å²) in [5.74, 6) is 0. The van der Waals surface area contributed by atoms with Gasteiger partial charge in [-0.3, -0.25) is 0 Å². The second-order valence-corrected chi connectivity index (χ2v) is 1.08. The smallest absolute Gasteiger partial charge is 0.0184 e. The van der Waals surface area contributed by atoms with E-state index in [1.54, 1.807) is 0 Å². The van der Waals surface area contributed by atoms with Gasteiger partial charge < -0.3 is 0 Å². The third kappa shape index (κ3) is 2.77. The number of hydrogen-bond acceptors (Lipinski definition) is 0. The molecule has 1 aromatic rings. The van der Waals surface area contributed by atoms with Gasteiger partial charge in [0.15, 0.2) is 0 Å². The summed E-state index contributed by atoms with van der Waals surface area (Å²) in [6.45, 7) is 0. The molecule has 0 N–H and O–H groups in total. The Labute approximate surface area is 63.0 Å². The molecule has 0 saturated heterocycles. The largest absolute Gasteiger partial charge is 0.0622 e. The fourth-order valence-corrected chi connectivity index (χ4v) is 0.342. The molecule has 0 aromatic heterocycles. The van der Waals surface area contributed by atoms with Gasteiger partial charge in [0, 0.05) is 0 Å². The van der Waals surface area contributed by atoms with E-state index in [0.717, 1.165) is 0 Å². The third-order valence-corrected chi connectivity index (χ3v) is 0.607. The van der Waals surface area contributed by atoms with Crippen molar-refractivity contribution in [2.45, 2.75) is 0 Å². The molecule has 0 aliphatic rings. The van der Waals surface area contributed by atoms with Crippen molar-refractivity contribution in [2.75, 3.05) is 0 Å². The molecule has 0 saturated carbocycles. The van der Waals surface area contributed by atoms with E-state index in [2.05, 4.69) is 6.07 Å². The standard InChI is InChI=1S/C6H5.Po.2H/c1-2-4-6-5-3-1;;;/h1-5H;;;. The summed E-state index contributed by atoms with van der Waals surface area (Å²) in [7, 11) is 0. The zero-order valence-corrected chi connectivity index (χ0v) is 7.77. The molecular weight excluding hydrogens is 281 g/mol. The van der Waals surface area contributed by atoms with Crippen LogP contribution in [-0.2, 0) is 0 Å². The van der Waals surface area contributed by atoms with Gasteiger partial charge >= 0.3 is 26.6 Å². The van der Waals surface area contributed by atoms with Crippen LogP contribution in [0.25, 0.3) is 0 Å². The summed E-state index contributed by atoms with van der Waals surface area (Å²) in [4.78, 5) is 0. The average molecular weight is 288 g/mol. The van der Waals surface area contributed by atoms with E-state index in [9.17, 15) is 0 Å².